The van der Waals surface area contributed by atoms with Gasteiger partial charge in [-0.2, -0.15) is 0 Å². The number of hydrogen-bond acceptors (Lipinski definition) is 2. The molecule has 0 aliphatic heterocycles. The van der Waals surface area contributed by atoms with E-state index in [1.807, 2.05) is 0 Å². The van der Waals surface area contributed by atoms with Crippen LogP contribution in [0.1, 0.15) is 5.56 Å². The number of aromatic nitrogens is 1. The van der Waals surface area contributed by atoms with Crippen LogP contribution >= 0.6 is 27.5 Å². The van der Waals surface area contributed by atoms with Gasteiger partial charge in [0.15, 0.2) is 0 Å². The van der Waals surface area contributed by atoms with E-state index in [0.717, 1.165) is 5.56 Å². The van der Waals surface area contributed by atoms with E-state index in [9.17, 15) is 4.39 Å². The van der Waals surface area contributed by atoms with Gasteiger partial charge in [-0.05, 0) is 39.7 Å². The minimum atomic E-state index is -0.364. The Bertz CT molecular complexity index is 536. The minimum absolute atomic E-state index is 0.364. The molecule has 1 heterocycles. The summed E-state index contributed by atoms with van der Waals surface area (Å²) in [6.07, 6.45) is 1.60. The fraction of sp³-hybridized carbons (Fsp3) is 0.0833. The quantitative estimate of drug-likeness (QED) is 0.777. The number of ether oxygens (including phenoxy) is 1. The van der Waals surface area contributed by atoms with E-state index in [1.165, 1.54) is 12.1 Å². The first-order chi connectivity index (χ1) is 8.19. The van der Waals surface area contributed by atoms with Gasteiger partial charge in [-0.3, -0.25) is 0 Å². The molecule has 0 unspecified atom stereocenters. The molecule has 0 aliphatic carbocycles. The fourth-order valence-corrected chi connectivity index (χ4v) is 1.75. The van der Waals surface area contributed by atoms with Crippen LogP contribution in [0.25, 0.3) is 0 Å². The van der Waals surface area contributed by atoms with Gasteiger partial charge in [0.25, 0.3) is 0 Å². The first kappa shape index (κ1) is 12.3. The summed E-state index contributed by atoms with van der Waals surface area (Å²) in [6.45, 7) is 0. The largest absolute Gasteiger partial charge is 0.438 e. The molecule has 1 aromatic carbocycles. The first-order valence-electron chi connectivity index (χ1n) is 4.83. The van der Waals surface area contributed by atoms with Crippen molar-refractivity contribution < 1.29 is 9.13 Å². The second-order valence-electron chi connectivity index (χ2n) is 3.31. The molecule has 1 aromatic heterocycles. The van der Waals surface area contributed by atoms with Gasteiger partial charge >= 0.3 is 0 Å². The number of halogens is 3. The predicted octanol–water partition coefficient (Wildman–Crippen LogP) is 4.51. The van der Waals surface area contributed by atoms with Crippen LogP contribution in [-0.4, -0.2) is 4.98 Å². The van der Waals surface area contributed by atoms with Gasteiger partial charge in [-0.15, -0.1) is 11.6 Å². The van der Waals surface area contributed by atoms with Crippen molar-refractivity contribution in [2.75, 3.05) is 0 Å². The summed E-state index contributed by atoms with van der Waals surface area (Å²) in [6, 6.07) is 7.72. The first-order valence-corrected chi connectivity index (χ1v) is 6.15. The second kappa shape index (κ2) is 5.47. The van der Waals surface area contributed by atoms with Crippen LogP contribution < -0.4 is 4.74 Å². The number of benzene rings is 1. The molecule has 0 bridgehead atoms. The number of rotatable bonds is 3. The maximum absolute atomic E-state index is 13.1. The number of alkyl halides is 1. The third kappa shape index (κ3) is 3.17. The Kier molecular flexibility index (Phi) is 3.97. The number of pyridine rings is 1. The van der Waals surface area contributed by atoms with Crippen molar-refractivity contribution in [3.8, 4) is 11.6 Å². The molecule has 0 saturated heterocycles. The molecule has 2 aromatic rings. The van der Waals surface area contributed by atoms with E-state index in [2.05, 4.69) is 20.9 Å². The van der Waals surface area contributed by atoms with Crippen LogP contribution in [0.4, 0.5) is 4.39 Å². The van der Waals surface area contributed by atoms with Crippen molar-refractivity contribution >= 4 is 27.5 Å². The van der Waals surface area contributed by atoms with Gasteiger partial charge in [0, 0.05) is 24.2 Å². The average Bonchev–Trinajstić information content (AvgIpc) is 2.34. The van der Waals surface area contributed by atoms with Gasteiger partial charge < -0.3 is 4.74 Å². The van der Waals surface area contributed by atoms with Gasteiger partial charge in [0.1, 0.15) is 11.6 Å². The lowest BCUT2D eigenvalue weighted by Crippen LogP contribution is -1.91. The Morgan fingerprint density at radius 1 is 1.29 bits per heavy atom. The standard InChI is InChI=1S/C12H8BrClFNO/c13-10-2-1-9(15)6-11(10)17-12-5-8(7-14)3-4-16-12/h1-6H,7H2. The molecule has 88 valence electrons. The van der Waals surface area contributed by atoms with Crippen molar-refractivity contribution in [1.82, 2.24) is 4.98 Å². The van der Waals surface area contributed by atoms with E-state index in [0.29, 0.717) is 22.0 Å². The lowest BCUT2D eigenvalue weighted by molar-refractivity contribution is 0.454. The van der Waals surface area contributed by atoms with Crippen molar-refractivity contribution in [3.05, 3.63) is 52.4 Å². The summed E-state index contributed by atoms with van der Waals surface area (Å²) in [5, 5.41) is 0. The van der Waals surface area contributed by atoms with Crippen LogP contribution in [-0.2, 0) is 5.88 Å². The minimum Gasteiger partial charge on any atom is -0.438 e. The molecular weight excluding hydrogens is 308 g/mol. The normalized spacial score (nSPS) is 10.3. The Morgan fingerprint density at radius 2 is 2.12 bits per heavy atom. The van der Waals surface area contributed by atoms with Gasteiger partial charge in [-0.25, -0.2) is 9.37 Å². The molecule has 0 N–H and O–H groups in total. The maximum atomic E-state index is 13.1. The van der Waals surface area contributed by atoms with Gasteiger partial charge in [-0.1, -0.05) is 0 Å². The fourth-order valence-electron chi connectivity index (χ4n) is 1.26. The molecule has 5 heteroatoms. The molecule has 2 rings (SSSR count). The van der Waals surface area contributed by atoms with Crippen molar-refractivity contribution in [3.63, 3.8) is 0 Å². The molecule has 0 spiro atoms. The molecule has 0 amide bonds. The highest BCUT2D eigenvalue weighted by Crippen LogP contribution is 2.29. The topological polar surface area (TPSA) is 22.1 Å². The molecular formula is C12H8BrClFNO. The SMILES string of the molecule is Fc1ccc(Br)c(Oc2cc(CCl)ccn2)c1. The highest BCUT2D eigenvalue weighted by Gasteiger charge is 2.05. The van der Waals surface area contributed by atoms with Crippen molar-refractivity contribution in [1.29, 1.82) is 0 Å². The zero-order valence-electron chi connectivity index (χ0n) is 8.66. The van der Waals surface area contributed by atoms with Crippen LogP contribution in [0, 0.1) is 5.82 Å². The molecule has 0 aliphatic rings. The third-order valence-electron chi connectivity index (χ3n) is 2.06. The Hall–Kier alpha value is -1.13. The summed E-state index contributed by atoms with van der Waals surface area (Å²) >= 11 is 8.98. The molecule has 0 fully saturated rings. The van der Waals surface area contributed by atoms with E-state index >= 15 is 0 Å². The Morgan fingerprint density at radius 3 is 2.88 bits per heavy atom. The van der Waals surface area contributed by atoms with Crippen molar-refractivity contribution in [2.24, 2.45) is 0 Å². The van der Waals surface area contributed by atoms with Crippen LogP contribution in [0.15, 0.2) is 41.0 Å². The van der Waals surface area contributed by atoms with Gasteiger partial charge in [0.05, 0.1) is 4.47 Å². The highest BCUT2D eigenvalue weighted by atomic mass is 79.9. The van der Waals surface area contributed by atoms with E-state index in [1.54, 1.807) is 24.4 Å². The Balaban J connectivity index is 2.27. The second-order valence-corrected chi connectivity index (χ2v) is 4.43. The molecule has 0 saturated carbocycles. The molecule has 0 atom stereocenters. The summed E-state index contributed by atoms with van der Waals surface area (Å²) in [4.78, 5) is 4.03. The zero-order valence-corrected chi connectivity index (χ0v) is 11.0. The zero-order chi connectivity index (χ0) is 12.3. The summed E-state index contributed by atoms with van der Waals surface area (Å²) in [5.41, 5.74) is 0.893. The van der Waals surface area contributed by atoms with Crippen molar-refractivity contribution in [2.45, 2.75) is 5.88 Å². The Labute approximate surface area is 112 Å². The average molecular weight is 317 g/mol. The number of nitrogens with zero attached hydrogens (tertiary/aromatic N) is 1. The third-order valence-corrected chi connectivity index (χ3v) is 3.03. The smallest absolute Gasteiger partial charge is 0.219 e. The summed E-state index contributed by atoms with van der Waals surface area (Å²) < 4.78 is 19.2. The summed E-state index contributed by atoms with van der Waals surface area (Å²) in [7, 11) is 0. The summed E-state index contributed by atoms with van der Waals surface area (Å²) in [5.74, 6) is 0.777. The van der Waals surface area contributed by atoms with Gasteiger partial charge in [0.2, 0.25) is 5.88 Å². The molecule has 17 heavy (non-hydrogen) atoms. The van der Waals surface area contributed by atoms with E-state index in [-0.39, 0.29) is 5.82 Å². The van der Waals surface area contributed by atoms with E-state index < -0.39 is 0 Å². The maximum Gasteiger partial charge on any atom is 0.219 e. The van der Waals surface area contributed by atoms with Crippen LogP contribution in [0.5, 0.6) is 11.6 Å². The number of hydrogen-bond donors (Lipinski definition) is 0. The highest BCUT2D eigenvalue weighted by molar-refractivity contribution is 9.10. The lowest BCUT2D eigenvalue weighted by atomic mass is 10.3. The van der Waals surface area contributed by atoms with Crippen LogP contribution in [0.2, 0.25) is 0 Å². The van der Waals surface area contributed by atoms with Crippen LogP contribution in [0.3, 0.4) is 0 Å². The molecule has 2 nitrogen and oxygen atoms in total. The monoisotopic (exact) mass is 315 g/mol. The lowest BCUT2D eigenvalue weighted by Gasteiger charge is -2.07. The molecule has 0 radical (unpaired) electrons. The predicted molar refractivity (Wildman–Crippen MR) is 68.0 cm³/mol. The van der Waals surface area contributed by atoms with E-state index in [4.69, 9.17) is 16.3 Å².